The van der Waals surface area contributed by atoms with Gasteiger partial charge < -0.3 is 5.11 Å². The highest BCUT2D eigenvalue weighted by Crippen LogP contribution is 2.24. The van der Waals surface area contributed by atoms with Crippen LogP contribution in [0.15, 0.2) is 18.2 Å². The monoisotopic (exact) mass is 284 g/mol. The summed E-state index contributed by atoms with van der Waals surface area (Å²) in [5, 5.41) is 14.3. The number of hydrogen-bond acceptors (Lipinski definition) is 2. The molecule has 0 aliphatic rings. The molecule has 0 saturated heterocycles. The molecule has 1 aromatic heterocycles. The number of carboxylic acid groups (broad SMARTS) is 1. The molecule has 2 aromatic rings. The molecule has 1 N–H and O–H groups in total. The fourth-order valence-corrected chi connectivity index (χ4v) is 2.38. The van der Waals surface area contributed by atoms with E-state index < -0.39 is 5.97 Å². The predicted octanol–water partition coefficient (Wildman–Crippen LogP) is 3.49. The summed E-state index contributed by atoms with van der Waals surface area (Å²) in [6.45, 7) is 3.34. The summed E-state index contributed by atoms with van der Waals surface area (Å²) in [4.78, 5) is 11.1. The fraction of sp³-hybridized carbons (Fsp3) is 0.167. The lowest BCUT2D eigenvalue weighted by Gasteiger charge is -2.05. The van der Waals surface area contributed by atoms with Crippen molar-refractivity contribution in [2.45, 2.75) is 13.8 Å². The van der Waals surface area contributed by atoms with Crippen molar-refractivity contribution in [3.05, 3.63) is 45.2 Å². The van der Waals surface area contributed by atoms with Crippen molar-refractivity contribution in [2.24, 2.45) is 0 Å². The Hall–Kier alpha value is -1.52. The van der Waals surface area contributed by atoms with Gasteiger partial charge in [-0.25, -0.2) is 9.48 Å². The quantitative estimate of drug-likeness (QED) is 0.918. The first kappa shape index (κ1) is 12.9. The van der Waals surface area contributed by atoms with Crippen molar-refractivity contribution in [3.63, 3.8) is 0 Å². The molecule has 1 heterocycles. The summed E-state index contributed by atoms with van der Waals surface area (Å²) in [5.41, 5.74) is 1.83. The summed E-state index contributed by atoms with van der Waals surface area (Å²) in [5.74, 6) is -0.996. The van der Waals surface area contributed by atoms with Crippen LogP contribution in [0.2, 0.25) is 10.0 Å². The van der Waals surface area contributed by atoms with Gasteiger partial charge in [-0.2, -0.15) is 5.10 Å². The molecule has 0 atom stereocenters. The van der Waals surface area contributed by atoms with Gasteiger partial charge in [0.05, 0.1) is 17.1 Å². The van der Waals surface area contributed by atoms with E-state index in [4.69, 9.17) is 28.3 Å². The second kappa shape index (κ2) is 4.63. The first-order chi connectivity index (χ1) is 8.40. The van der Waals surface area contributed by atoms with Crippen LogP contribution in [0.1, 0.15) is 21.7 Å². The molecule has 0 spiro atoms. The third-order valence-corrected chi connectivity index (χ3v) is 3.03. The second-order valence-electron chi connectivity index (χ2n) is 3.89. The number of aromatic carboxylic acids is 1. The van der Waals surface area contributed by atoms with Crippen molar-refractivity contribution < 1.29 is 9.90 Å². The van der Waals surface area contributed by atoms with Crippen LogP contribution < -0.4 is 0 Å². The molecular weight excluding hydrogens is 275 g/mol. The van der Waals surface area contributed by atoms with Gasteiger partial charge in [0.1, 0.15) is 5.56 Å². The van der Waals surface area contributed by atoms with Gasteiger partial charge >= 0.3 is 5.97 Å². The Morgan fingerprint density at radius 2 is 1.78 bits per heavy atom. The zero-order valence-corrected chi connectivity index (χ0v) is 11.2. The Kier molecular flexibility index (Phi) is 3.32. The molecule has 4 nitrogen and oxygen atoms in total. The number of carbonyl (C=O) groups is 1. The van der Waals surface area contributed by atoms with Gasteiger partial charge in [-0.3, -0.25) is 0 Å². The highest BCUT2D eigenvalue weighted by Gasteiger charge is 2.18. The van der Waals surface area contributed by atoms with E-state index in [0.717, 1.165) is 0 Å². The summed E-state index contributed by atoms with van der Waals surface area (Å²) in [6.07, 6.45) is 0. The van der Waals surface area contributed by atoms with Gasteiger partial charge in [0, 0.05) is 10.0 Å². The molecule has 0 amide bonds. The van der Waals surface area contributed by atoms with E-state index in [0.29, 0.717) is 27.1 Å². The Morgan fingerprint density at radius 1 is 1.22 bits per heavy atom. The molecule has 0 unspecified atom stereocenters. The molecule has 18 heavy (non-hydrogen) atoms. The van der Waals surface area contributed by atoms with Gasteiger partial charge in [-0.15, -0.1) is 0 Å². The number of aromatic nitrogens is 2. The molecule has 2 rings (SSSR count). The maximum absolute atomic E-state index is 11.1. The number of rotatable bonds is 2. The van der Waals surface area contributed by atoms with Crippen molar-refractivity contribution in [3.8, 4) is 5.69 Å². The Labute approximate surface area is 114 Å². The molecule has 1 aromatic carbocycles. The van der Waals surface area contributed by atoms with Crippen LogP contribution in [0.3, 0.4) is 0 Å². The molecule has 0 aliphatic heterocycles. The van der Waals surface area contributed by atoms with Crippen LogP contribution in [-0.2, 0) is 0 Å². The molecule has 0 fully saturated rings. The number of aryl methyl sites for hydroxylation is 1. The molecule has 6 heteroatoms. The molecule has 0 saturated carbocycles. The second-order valence-corrected chi connectivity index (χ2v) is 4.76. The maximum Gasteiger partial charge on any atom is 0.339 e. The smallest absolute Gasteiger partial charge is 0.339 e. The zero-order chi connectivity index (χ0) is 13.4. The van der Waals surface area contributed by atoms with Crippen LogP contribution in [-0.4, -0.2) is 20.9 Å². The molecular formula is C12H10Cl2N2O2. The average Bonchev–Trinajstić information content (AvgIpc) is 2.52. The van der Waals surface area contributed by atoms with Crippen LogP contribution >= 0.6 is 23.2 Å². The van der Waals surface area contributed by atoms with Crippen molar-refractivity contribution in [1.29, 1.82) is 0 Å². The average molecular weight is 285 g/mol. The van der Waals surface area contributed by atoms with Crippen LogP contribution in [0.25, 0.3) is 5.69 Å². The number of nitrogens with zero attached hydrogens (tertiary/aromatic N) is 2. The highest BCUT2D eigenvalue weighted by molar-refractivity contribution is 6.34. The first-order valence-corrected chi connectivity index (χ1v) is 5.91. The highest BCUT2D eigenvalue weighted by atomic mass is 35.5. The Morgan fingerprint density at radius 3 is 2.22 bits per heavy atom. The maximum atomic E-state index is 11.1. The summed E-state index contributed by atoms with van der Waals surface area (Å²) >= 11 is 11.8. The molecule has 0 radical (unpaired) electrons. The van der Waals surface area contributed by atoms with Gasteiger partial charge in [0.15, 0.2) is 0 Å². The molecule has 0 bridgehead atoms. The summed E-state index contributed by atoms with van der Waals surface area (Å²) in [7, 11) is 0. The standard InChI is InChI=1S/C12H10Cl2N2O2/c1-6-11(12(17)18)7(2)16(15-6)10-4-8(13)3-9(14)5-10/h3-5H,1-2H3,(H,17,18). The van der Waals surface area contributed by atoms with Crippen molar-refractivity contribution in [1.82, 2.24) is 9.78 Å². The summed E-state index contributed by atoms with van der Waals surface area (Å²) in [6, 6.07) is 4.97. The minimum absolute atomic E-state index is 0.200. The number of benzene rings is 1. The number of carboxylic acids is 1. The van der Waals surface area contributed by atoms with Crippen molar-refractivity contribution in [2.75, 3.05) is 0 Å². The zero-order valence-electron chi connectivity index (χ0n) is 9.74. The van der Waals surface area contributed by atoms with Gasteiger partial charge in [0.25, 0.3) is 0 Å². The Balaban J connectivity index is 2.65. The van der Waals surface area contributed by atoms with E-state index >= 15 is 0 Å². The van der Waals surface area contributed by atoms with Crippen LogP contribution in [0.4, 0.5) is 0 Å². The SMILES string of the molecule is Cc1nn(-c2cc(Cl)cc(Cl)c2)c(C)c1C(=O)O. The minimum Gasteiger partial charge on any atom is -0.478 e. The fourth-order valence-electron chi connectivity index (χ4n) is 1.87. The van der Waals surface area contributed by atoms with E-state index in [1.165, 1.54) is 4.68 Å². The largest absolute Gasteiger partial charge is 0.478 e. The number of halogens is 2. The van der Waals surface area contributed by atoms with Crippen LogP contribution in [0, 0.1) is 13.8 Å². The lowest BCUT2D eigenvalue weighted by atomic mass is 10.2. The third kappa shape index (κ3) is 2.21. The Bertz CT molecular complexity index is 615. The van der Waals surface area contributed by atoms with E-state index in [9.17, 15) is 4.79 Å². The number of hydrogen-bond donors (Lipinski definition) is 1. The van der Waals surface area contributed by atoms with Gasteiger partial charge in [-0.05, 0) is 32.0 Å². The first-order valence-electron chi connectivity index (χ1n) is 5.16. The lowest BCUT2D eigenvalue weighted by Crippen LogP contribution is -2.02. The van der Waals surface area contributed by atoms with E-state index in [-0.39, 0.29) is 5.56 Å². The van der Waals surface area contributed by atoms with E-state index in [1.54, 1.807) is 32.0 Å². The van der Waals surface area contributed by atoms with E-state index in [2.05, 4.69) is 5.10 Å². The third-order valence-electron chi connectivity index (χ3n) is 2.60. The van der Waals surface area contributed by atoms with Gasteiger partial charge in [0.2, 0.25) is 0 Å². The van der Waals surface area contributed by atoms with E-state index in [1.807, 2.05) is 0 Å². The van der Waals surface area contributed by atoms with Crippen LogP contribution in [0.5, 0.6) is 0 Å². The predicted molar refractivity (Wildman–Crippen MR) is 70.0 cm³/mol. The van der Waals surface area contributed by atoms with Crippen molar-refractivity contribution >= 4 is 29.2 Å². The topological polar surface area (TPSA) is 55.1 Å². The summed E-state index contributed by atoms with van der Waals surface area (Å²) < 4.78 is 1.52. The normalized spacial score (nSPS) is 10.7. The minimum atomic E-state index is -0.996. The molecule has 0 aliphatic carbocycles. The van der Waals surface area contributed by atoms with Gasteiger partial charge in [-0.1, -0.05) is 23.2 Å². The lowest BCUT2D eigenvalue weighted by molar-refractivity contribution is 0.0695. The molecule has 94 valence electrons.